The topological polar surface area (TPSA) is 93.2 Å². The molecule has 188 valence electrons. The maximum absolute atomic E-state index is 11.2. The molecule has 2 aromatic carbocycles. The zero-order valence-corrected chi connectivity index (χ0v) is 21.4. The Bertz CT molecular complexity index is 1100. The Morgan fingerprint density at radius 1 is 0.639 bits per heavy atom. The van der Waals surface area contributed by atoms with E-state index in [0.29, 0.717) is 12.8 Å². The van der Waals surface area contributed by atoms with Crippen molar-refractivity contribution < 1.29 is 28.7 Å². The quantitative estimate of drug-likeness (QED) is 0.344. The average Bonchev–Trinajstić information content (AvgIpc) is 3.31. The van der Waals surface area contributed by atoms with Crippen LogP contribution >= 0.6 is 46.4 Å². The largest absolute Gasteiger partial charge is 0.432 e. The van der Waals surface area contributed by atoms with Crippen molar-refractivity contribution in [3.8, 4) is 0 Å². The molecule has 0 saturated carbocycles. The van der Waals surface area contributed by atoms with Crippen molar-refractivity contribution in [2.75, 3.05) is 0 Å². The SMILES string of the molecule is O=CN(Cc1ccccc1)C1OC(=O)C(Cl)=C1Cl.O=CN(Cc1ccccc1)C1OC(=O)C(Cl)=C1Cl. The zero-order valence-electron chi connectivity index (χ0n) is 18.4. The number of rotatable bonds is 8. The van der Waals surface area contributed by atoms with Crippen molar-refractivity contribution in [2.24, 2.45) is 0 Å². The van der Waals surface area contributed by atoms with Crippen LogP contribution in [0.5, 0.6) is 0 Å². The fourth-order valence-corrected chi connectivity index (χ4v) is 3.96. The van der Waals surface area contributed by atoms with Gasteiger partial charge in [0.2, 0.25) is 25.3 Å². The first-order valence-electron chi connectivity index (χ1n) is 10.3. The lowest BCUT2D eigenvalue weighted by atomic mass is 10.2. The van der Waals surface area contributed by atoms with Crippen molar-refractivity contribution >= 4 is 71.2 Å². The number of benzene rings is 2. The second-order valence-corrected chi connectivity index (χ2v) is 8.94. The molecule has 0 radical (unpaired) electrons. The number of halogens is 4. The van der Waals surface area contributed by atoms with Gasteiger partial charge >= 0.3 is 11.9 Å². The summed E-state index contributed by atoms with van der Waals surface area (Å²) in [7, 11) is 0. The van der Waals surface area contributed by atoms with Crippen LogP contribution in [-0.2, 0) is 41.7 Å². The van der Waals surface area contributed by atoms with Crippen molar-refractivity contribution in [1.82, 2.24) is 9.80 Å². The van der Waals surface area contributed by atoms with E-state index in [4.69, 9.17) is 55.9 Å². The summed E-state index contributed by atoms with van der Waals surface area (Å²) in [6.07, 6.45) is -0.736. The molecule has 0 aliphatic carbocycles. The first-order chi connectivity index (χ1) is 17.3. The number of ether oxygens (including phenoxy) is 2. The normalized spacial score (nSPS) is 18.8. The Hall–Kier alpha value is -3.04. The summed E-state index contributed by atoms with van der Waals surface area (Å²) in [6.45, 7) is 0.561. The minimum atomic E-state index is -0.940. The molecule has 4 rings (SSSR count). The molecule has 0 spiro atoms. The molecule has 2 unspecified atom stereocenters. The van der Waals surface area contributed by atoms with Gasteiger partial charge in [-0.2, -0.15) is 0 Å². The molecule has 0 N–H and O–H groups in total. The molecule has 0 aromatic heterocycles. The van der Waals surface area contributed by atoms with Crippen LogP contribution in [0.3, 0.4) is 0 Å². The van der Waals surface area contributed by atoms with Gasteiger partial charge in [0, 0.05) is 13.1 Å². The third kappa shape index (κ3) is 6.59. The zero-order chi connectivity index (χ0) is 26.2. The summed E-state index contributed by atoms with van der Waals surface area (Å²) in [4.78, 5) is 47.1. The average molecular weight is 572 g/mol. The summed E-state index contributed by atoms with van der Waals surface area (Å²) in [6, 6.07) is 18.6. The van der Waals surface area contributed by atoms with Gasteiger partial charge in [0.1, 0.15) is 20.1 Å². The van der Waals surface area contributed by atoms with E-state index in [9.17, 15) is 19.2 Å². The molecule has 0 fully saturated rings. The highest BCUT2D eigenvalue weighted by molar-refractivity contribution is 6.49. The van der Waals surface area contributed by atoms with E-state index >= 15 is 0 Å². The van der Waals surface area contributed by atoms with Crippen LogP contribution in [-0.4, -0.2) is 47.0 Å². The predicted octanol–water partition coefficient (Wildman–Crippen LogP) is 4.43. The summed E-state index contributed by atoms with van der Waals surface area (Å²) in [5.74, 6) is -1.43. The maximum Gasteiger partial charge on any atom is 0.353 e. The number of hydrogen-bond donors (Lipinski definition) is 0. The van der Waals surface area contributed by atoms with Crippen molar-refractivity contribution in [2.45, 2.75) is 25.5 Å². The van der Waals surface area contributed by atoms with Gasteiger partial charge < -0.3 is 19.3 Å². The number of carbonyl (C=O) groups is 4. The van der Waals surface area contributed by atoms with Gasteiger partial charge in [-0.15, -0.1) is 0 Å². The fourth-order valence-electron chi connectivity index (χ4n) is 3.19. The van der Waals surface area contributed by atoms with Crippen molar-refractivity contribution in [3.05, 3.63) is 91.9 Å². The first-order valence-corrected chi connectivity index (χ1v) is 11.8. The summed E-state index contributed by atoms with van der Waals surface area (Å²) >= 11 is 23.0. The first kappa shape index (κ1) is 27.5. The second-order valence-electron chi connectivity index (χ2n) is 7.37. The molecule has 8 nitrogen and oxygen atoms in total. The van der Waals surface area contributed by atoms with Crippen molar-refractivity contribution in [1.29, 1.82) is 0 Å². The highest BCUT2D eigenvalue weighted by atomic mass is 35.5. The Morgan fingerprint density at radius 2 is 0.972 bits per heavy atom. The van der Waals surface area contributed by atoms with E-state index in [0.717, 1.165) is 11.1 Å². The van der Waals surface area contributed by atoms with Gasteiger partial charge in [-0.1, -0.05) is 107 Å². The standard InChI is InChI=1S/2C12H9Cl2NO3/c2*13-9-10(14)12(17)18-11(9)15(7-16)6-8-4-2-1-3-5-8/h2*1-5,7,11H,6H2. The smallest absolute Gasteiger partial charge is 0.353 e. The molecule has 2 aromatic rings. The number of esters is 2. The molecule has 2 heterocycles. The van der Waals surface area contributed by atoms with E-state index < -0.39 is 24.4 Å². The molecule has 2 aliphatic rings. The maximum atomic E-state index is 11.2. The molecule has 12 heteroatoms. The molecule has 2 amide bonds. The molecular formula is C24H18Cl4N2O6. The Morgan fingerprint density at radius 3 is 1.22 bits per heavy atom. The predicted molar refractivity (Wildman–Crippen MR) is 133 cm³/mol. The van der Waals surface area contributed by atoms with Crippen LogP contribution in [0.4, 0.5) is 0 Å². The van der Waals surface area contributed by atoms with Gasteiger partial charge in [0.15, 0.2) is 0 Å². The van der Waals surface area contributed by atoms with Crippen LogP contribution < -0.4 is 0 Å². The molecular weight excluding hydrogens is 554 g/mol. The second kappa shape index (κ2) is 12.8. The number of hydrogen-bond acceptors (Lipinski definition) is 6. The van der Waals surface area contributed by atoms with Crippen LogP contribution in [0.15, 0.2) is 80.8 Å². The molecule has 0 saturated heterocycles. The lowest BCUT2D eigenvalue weighted by Crippen LogP contribution is -2.34. The Kier molecular flexibility index (Phi) is 9.78. The Labute approximate surface area is 226 Å². The Balaban J connectivity index is 0.000000201. The summed E-state index contributed by atoms with van der Waals surface area (Å²) < 4.78 is 9.86. The lowest BCUT2D eigenvalue weighted by molar-refractivity contribution is -0.150. The third-order valence-corrected chi connectivity index (χ3v) is 6.60. The minimum Gasteiger partial charge on any atom is -0.432 e. The van der Waals surface area contributed by atoms with E-state index in [-0.39, 0.29) is 33.2 Å². The van der Waals surface area contributed by atoms with E-state index in [1.54, 1.807) is 0 Å². The molecule has 36 heavy (non-hydrogen) atoms. The van der Waals surface area contributed by atoms with Crippen molar-refractivity contribution in [3.63, 3.8) is 0 Å². The van der Waals surface area contributed by atoms with Gasteiger partial charge in [-0.3, -0.25) is 9.59 Å². The van der Waals surface area contributed by atoms with Crippen LogP contribution in [0, 0.1) is 0 Å². The number of cyclic esters (lactones) is 2. The lowest BCUT2D eigenvalue weighted by Gasteiger charge is -2.23. The third-order valence-electron chi connectivity index (χ3n) is 4.94. The molecule has 2 aliphatic heterocycles. The minimum absolute atomic E-state index is 0.0321. The van der Waals surface area contributed by atoms with Crippen LogP contribution in [0.1, 0.15) is 11.1 Å². The molecule has 0 bridgehead atoms. The highest BCUT2D eigenvalue weighted by Crippen LogP contribution is 2.32. The highest BCUT2D eigenvalue weighted by Gasteiger charge is 2.37. The van der Waals surface area contributed by atoms with Gasteiger partial charge in [0.25, 0.3) is 0 Å². The van der Waals surface area contributed by atoms with E-state index in [1.165, 1.54) is 9.80 Å². The number of nitrogens with zero attached hydrogens (tertiary/aromatic N) is 2. The van der Waals surface area contributed by atoms with Gasteiger partial charge in [-0.05, 0) is 11.1 Å². The van der Waals surface area contributed by atoms with Crippen LogP contribution in [0.2, 0.25) is 0 Å². The van der Waals surface area contributed by atoms with Gasteiger partial charge in [-0.25, -0.2) is 9.59 Å². The van der Waals surface area contributed by atoms with Crippen LogP contribution in [0.25, 0.3) is 0 Å². The van der Waals surface area contributed by atoms with E-state index in [2.05, 4.69) is 0 Å². The molecule has 2 atom stereocenters. The number of amides is 2. The monoisotopic (exact) mass is 570 g/mol. The number of carbonyl (C=O) groups excluding carboxylic acids is 4. The summed E-state index contributed by atoms with van der Waals surface area (Å²) in [5, 5.41) is -0.294. The fraction of sp³-hybridized carbons (Fsp3) is 0.167. The van der Waals surface area contributed by atoms with E-state index in [1.807, 2.05) is 60.7 Å². The summed E-state index contributed by atoms with van der Waals surface area (Å²) in [5.41, 5.74) is 1.79. The van der Waals surface area contributed by atoms with Gasteiger partial charge in [0.05, 0.1) is 0 Å².